The van der Waals surface area contributed by atoms with Crippen molar-refractivity contribution in [3.05, 3.63) is 54.2 Å². The minimum absolute atomic E-state index is 0.248. The number of rotatable bonds is 6. The first-order valence-corrected chi connectivity index (χ1v) is 5.57. The van der Waals surface area contributed by atoms with E-state index in [0.29, 0.717) is 12.4 Å². The van der Waals surface area contributed by atoms with Crippen molar-refractivity contribution in [1.82, 2.24) is 0 Å². The summed E-state index contributed by atoms with van der Waals surface area (Å²) in [5, 5.41) is 2.10. The lowest BCUT2D eigenvalue weighted by Crippen LogP contribution is -2.83. The van der Waals surface area contributed by atoms with Crippen LogP contribution in [0, 0.1) is 5.82 Å². The van der Waals surface area contributed by atoms with Crippen LogP contribution < -0.4 is 10.1 Å². The highest BCUT2D eigenvalue weighted by Gasteiger charge is 1.98. The van der Waals surface area contributed by atoms with E-state index in [0.717, 1.165) is 18.8 Å². The zero-order chi connectivity index (χ0) is 11.9. The largest absolute Gasteiger partial charge is 0.488 e. The maximum absolute atomic E-state index is 12.6. The van der Waals surface area contributed by atoms with Gasteiger partial charge in [-0.15, -0.1) is 0 Å². The summed E-state index contributed by atoms with van der Waals surface area (Å²) in [6.45, 7) is 2.23. The minimum Gasteiger partial charge on any atom is -0.488 e. The number of hydrogen-bond donors (Lipinski definition) is 1. The lowest BCUT2D eigenvalue weighted by atomic mass is 10.3. The number of benzene rings is 1. The zero-order valence-electron chi connectivity index (χ0n) is 9.43. The van der Waals surface area contributed by atoms with Gasteiger partial charge in [-0.25, -0.2) is 4.39 Å². The topological polar surface area (TPSA) is 39.0 Å². The Morgan fingerprint density at radius 1 is 1.18 bits per heavy atom. The summed E-state index contributed by atoms with van der Waals surface area (Å²) in [6.07, 6.45) is 1.66. The van der Waals surface area contributed by atoms with Crippen molar-refractivity contribution in [3.8, 4) is 5.75 Å². The Morgan fingerprint density at radius 3 is 2.71 bits per heavy atom. The van der Waals surface area contributed by atoms with Crippen LogP contribution in [-0.2, 0) is 6.54 Å². The van der Waals surface area contributed by atoms with Gasteiger partial charge in [-0.3, -0.25) is 0 Å². The summed E-state index contributed by atoms with van der Waals surface area (Å²) in [6, 6.07) is 9.85. The van der Waals surface area contributed by atoms with Crippen LogP contribution in [0.5, 0.6) is 5.75 Å². The first kappa shape index (κ1) is 11.7. The summed E-state index contributed by atoms with van der Waals surface area (Å²) in [7, 11) is 0. The molecule has 1 aromatic carbocycles. The molecule has 2 rings (SSSR count). The van der Waals surface area contributed by atoms with E-state index in [9.17, 15) is 4.39 Å². The fourth-order valence-corrected chi connectivity index (χ4v) is 1.46. The first-order chi connectivity index (χ1) is 8.34. The molecule has 0 spiro atoms. The van der Waals surface area contributed by atoms with Gasteiger partial charge in [-0.2, -0.15) is 0 Å². The predicted molar refractivity (Wildman–Crippen MR) is 61.1 cm³/mol. The second kappa shape index (κ2) is 6.06. The van der Waals surface area contributed by atoms with Gasteiger partial charge in [-0.1, -0.05) is 0 Å². The van der Waals surface area contributed by atoms with Crippen molar-refractivity contribution in [2.75, 3.05) is 13.2 Å². The zero-order valence-corrected chi connectivity index (χ0v) is 9.43. The molecule has 0 saturated carbocycles. The summed E-state index contributed by atoms with van der Waals surface area (Å²) in [5.41, 5.74) is 0. The highest BCUT2D eigenvalue weighted by Crippen LogP contribution is 2.10. The molecule has 90 valence electrons. The molecule has 0 fully saturated rings. The minimum atomic E-state index is -0.248. The van der Waals surface area contributed by atoms with Gasteiger partial charge in [0.05, 0.1) is 6.26 Å². The Labute approximate surface area is 99.2 Å². The third kappa shape index (κ3) is 3.92. The van der Waals surface area contributed by atoms with E-state index in [-0.39, 0.29) is 5.82 Å². The van der Waals surface area contributed by atoms with E-state index >= 15 is 0 Å². The molecular formula is C13H15FNO2+. The van der Waals surface area contributed by atoms with Crippen LogP contribution in [0.2, 0.25) is 0 Å². The molecule has 2 N–H and O–H groups in total. The third-order valence-corrected chi connectivity index (χ3v) is 2.33. The molecule has 0 atom stereocenters. The lowest BCUT2D eigenvalue weighted by Gasteiger charge is -2.04. The first-order valence-electron chi connectivity index (χ1n) is 5.57. The van der Waals surface area contributed by atoms with Gasteiger partial charge < -0.3 is 14.5 Å². The molecule has 0 aliphatic rings. The van der Waals surface area contributed by atoms with Gasteiger partial charge in [0, 0.05) is 0 Å². The summed E-state index contributed by atoms with van der Waals surface area (Å²) in [5.74, 6) is 1.39. The Balaban J connectivity index is 1.61. The van der Waals surface area contributed by atoms with E-state index < -0.39 is 0 Å². The molecule has 1 heterocycles. The number of ether oxygens (including phenoxy) is 1. The quantitative estimate of drug-likeness (QED) is 0.773. The number of hydrogen-bond acceptors (Lipinski definition) is 2. The van der Waals surface area contributed by atoms with E-state index in [1.807, 2.05) is 12.1 Å². The SMILES string of the molecule is Fc1ccc(OCC[NH2+]Cc2ccco2)cc1. The number of nitrogens with two attached hydrogens (primary N) is 1. The average molecular weight is 236 g/mol. The van der Waals surface area contributed by atoms with Crippen molar-refractivity contribution in [2.24, 2.45) is 0 Å². The van der Waals surface area contributed by atoms with Crippen molar-refractivity contribution in [2.45, 2.75) is 6.54 Å². The highest BCUT2D eigenvalue weighted by molar-refractivity contribution is 5.21. The Kier molecular flexibility index (Phi) is 4.16. The molecule has 2 aromatic rings. The molecule has 0 unspecified atom stereocenters. The van der Waals surface area contributed by atoms with Crippen LogP contribution in [0.4, 0.5) is 4.39 Å². The highest BCUT2D eigenvalue weighted by atomic mass is 19.1. The van der Waals surface area contributed by atoms with Gasteiger partial charge >= 0.3 is 0 Å². The van der Waals surface area contributed by atoms with E-state index in [4.69, 9.17) is 9.15 Å². The molecule has 0 aliphatic heterocycles. The normalized spacial score (nSPS) is 10.4. The van der Waals surface area contributed by atoms with Crippen molar-refractivity contribution in [3.63, 3.8) is 0 Å². The number of quaternary nitrogens is 1. The molecule has 4 heteroatoms. The second-order valence-corrected chi connectivity index (χ2v) is 3.66. The third-order valence-electron chi connectivity index (χ3n) is 2.33. The molecule has 0 aliphatic carbocycles. The van der Waals surface area contributed by atoms with Crippen LogP contribution in [0.15, 0.2) is 47.1 Å². The van der Waals surface area contributed by atoms with Crippen LogP contribution in [0.25, 0.3) is 0 Å². The van der Waals surface area contributed by atoms with E-state index in [1.165, 1.54) is 12.1 Å². The average Bonchev–Trinajstić information content (AvgIpc) is 2.84. The smallest absolute Gasteiger partial charge is 0.157 e. The predicted octanol–water partition coefficient (Wildman–Crippen LogP) is 1.56. The van der Waals surface area contributed by atoms with Crippen LogP contribution in [0.3, 0.4) is 0 Å². The standard InChI is InChI=1S/C13H14FNO2/c14-11-3-5-12(6-4-11)17-9-7-15-10-13-2-1-8-16-13/h1-6,8,15H,7,9-10H2/p+1. The van der Waals surface area contributed by atoms with Gasteiger partial charge in [-0.05, 0) is 36.4 Å². The van der Waals surface area contributed by atoms with Crippen LogP contribution in [0.1, 0.15) is 5.76 Å². The maximum Gasteiger partial charge on any atom is 0.157 e. The molecule has 1 aromatic heterocycles. The Hall–Kier alpha value is -1.81. The second-order valence-electron chi connectivity index (χ2n) is 3.66. The molecule has 17 heavy (non-hydrogen) atoms. The molecular weight excluding hydrogens is 221 g/mol. The molecule has 0 bridgehead atoms. The van der Waals surface area contributed by atoms with E-state index in [2.05, 4.69) is 5.32 Å². The molecule has 0 amide bonds. The van der Waals surface area contributed by atoms with Crippen molar-refractivity contribution >= 4 is 0 Å². The fraction of sp³-hybridized carbons (Fsp3) is 0.231. The van der Waals surface area contributed by atoms with E-state index in [1.54, 1.807) is 18.4 Å². The van der Waals surface area contributed by atoms with Crippen LogP contribution in [-0.4, -0.2) is 13.2 Å². The monoisotopic (exact) mass is 236 g/mol. The molecule has 0 radical (unpaired) electrons. The lowest BCUT2D eigenvalue weighted by molar-refractivity contribution is -0.672. The van der Waals surface area contributed by atoms with Crippen molar-refractivity contribution in [1.29, 1.82) is 0 Å². The van der Waals surface area contributed by atoms with Gasteiger partial charge in [0.15, 0.2) is 5.76 Å². The van der Waals surface area contributed by atoms with Gasteiger partial charge in [0.1, 0.15) is 31.3 Å². The fourth-order valence-electron chi connectivity index (χ4n) is 1.46. The maximum atomic E-state index is 12.6. The number of halogens is 1. The van der Waals surface area contributed by atoms with Gasteiger partial charge in [0.25, 0.3) is 0 Å². The summed E-state index contributed by atoms with van der Waals surface area (Å²) in [4.78, 5) is 0. The summed E-state index contributed by atoms with van der Waals surface area (Å²) < 4.78 is 23.3. The molecule has 3 nitrogen and oxygen atoms in total. The van der Waals surface area contributed by atoms with Crippen molar-refractivity contribution < 1.29 is 18.9 Å². The Morgan fingerprint density at radius 2 is 2.00 bits per heavy atom. The summed E-state index contributed by atoms with van der Waals surface area (Å²) >= 11 is 0. The molecule has 0 saturated heterocycles. The van der Waals surface area contributed by atoms with Crippen LogP contribution >= 0.6 is 0 Å². The van der Waals surface area contributed by atoms with Gasteiger partial charge in [0.2, 0.25) is 0 Å². The Bertz CT molecular complexity index is 425. The number of furan rings is 1.